The number of carbonyl (C=O) groups is 2. The van der Waals surface area contributed by atoms with Gasteiger partial charge in [-0.25, -0.2) is 0 Å². The molecule has 134 valence electrons. The van der Waals surface area contributed by atoms with E-state index in [9.17, 15) is 9.59 Å². The molecule has 2 aromatic heterocycles. The first-order valence-electron chi connectivity index (χ1n) is 8.53. The summed E-state index contributed by atoms with van der Waals surface area (Å²) in [7, 11) is 1.83. The standard InChI is InChI=1S/C18H25N5O2/c1-18(2,3)17(25)23-11-9-22(10-12-23)16(24)14-13-19-20(4)15(14)21-7-5-6-8-21/h5-8,13H,9-12H2,1-4H3. The summed E-state index contributed by atoms with van der Waals surface area (Å²) in [6.07, 6.45) is 5.41. The molecule has 3 rings (SSSR count). The molecule has 7 heteroatoms. The molecular weight excluding hydrogens is 318 g/mol. The van der Waals surface area contributed by atoms with Crippen LogP contribution in [-0.2, 0) is 11.8 Å². The summed E-state index contributed by atoms with van der Waals surface area (Å²) >= 11 is 0. The van der Waals surface area contributed by atoms with Crippen LogP contribution in [0, 0.1) is 5.41 Å². The van der Waals surface area contributed by atoms with Gasteiger partial charge in [0.1, 0.15) is 11.4 Å². The van der Waals surface area contributed by atoms with Gasteiger partial charge >= 0.3 is 0 Å². The summed E-state index contributed by atoms with van der Waals surface area (Å²) in [6.45, 7) is 7.99. The van der Waals surface area contributed by atoms with Crippen LogP contribution < -0.4 is 0 Å². The molecule has 2 aromatic rings. The summed E-state index contributed by atoms with van der Waals surface area (Å²) in [5.74, 6) is 0.844. The molecule has 0 aliphatic carbocycles. The molecule has 25 heavy (non-hydrogen) atoms. The number of aryl methyl sites for hydroxylation is 1. The maximum Gasteiger partial charge on any atom is 0.259 e. The third-order valence-electron chi connectivity index (χ3n) is 4.48. The number of hydrogen-bond acceptors (Lipinski definition) is 3. The number of rotatable bonds is 2. The molecular formula is C18H25N5O2. The number of aromatic nitrogens is 3. The average molecular weight is 343 g/mol. The van der Waals surface area contributed by atoms with E-state index in [2.05, 4.69) is 5.10 Å². The topological polar surface area (TPSA) is 63.4 Å². The quantitative estimate of drug-likeness (QED) is 0.831. The van der Waals surface area contributed by atoms with E-state index in [-0.39, 0.29) is 11.8 Å². The summed E-state index contributed by atoms with van der Waals surface area (Å²) in [5.41, 5.74) is 0.186. The molecule has 1 saturated heterocycles. The van der Waals surface area contributed by atoms with Crippen molar-refractivity contribution >= 4 is 11.8 Å². The normalized spacial score (nSPS) is 15.5. The molecule has 1 aliphatic heterocycles. The minimum absolute atomic E-state index is 0.0420. The third kappa shape index (κ3) is 3.31. The van der Waals surface area contributed by atoms with Gasteiger partial charge in [-0.2, -0.15) is 5.10 Å². The maximum atomic E-state index is 13.0. The molecule has 2 amide bonds. The molecule has 1 aliphatic rings. The van der Waals surface area contributed by atoms with E-state index in [1.165, 1.54) is 0 Å². The molecule has 0 aromatic carbocycles. The first kappa shape index (κ1) is 17.3. The van der Waals surface area contributed by atoms with Crippen LogP contribution in [0.4, 0.5) is 0 Å². The molecule has 0 unspecified atom stereocenters. The van der Waals surface area contributed by atoms with Crippen LogP contribution in [0.15, 0.2) is 30.7 Å². The van der Waals surface area contributed by atoms with Gasteiger partial charge in [0.2, 0.25) is 5.91 Å². The van der Waals surface area contributed by atoms with Crippen LogP contribution >= 0.6 is 0 Å². The lowest BCUT2D eigenvalue weighted by Crippen LogP contribution is -2.53. The Bertz CT molecular complexity index is 762. The molecule has 0 N–H and O–H groups in total. The second-order valence-electron chi connectivity index (χ2n) is 7.43. The highest BCUT2D eigenvalue weighted by atomic mass is 16.2. The van der Waals surface area contributed by atoms with Crippen molar-refractivity contribution in [3.05, 3.63) is 36.3 Å². The molecule has 0 bridgehead atoms. The highest BCUT2D eigenvalue weighted by molar-refractivity contribution is 5.97. The van der Waals surface area contributed by atoms with E-state index in [4.69, 9.17) is 0 Å². The van der Waals surface area contributed by atoms with Crippen molar-refractivity contribution in [2.75, 3.05) is 26.2 Å². The Balaban J connectivity index is 1.73. The van der Waals surface area contributed by atoms with E-state index in [0.717, 1.165) is 5.82 Å². The molecule has 1 fully saturated rings. The smallest absolute Gasteiger partial charge is 0.259 e. The van der Waals surface area contributed by atoms with E-state index < -0.39 is 5.41 Å². The van der Waals surface area contributed by atoms with Crippen molar-refractivity contribution < 1.29 is 9.59 Å². The van der Waals surface area contributed by atoms with E-state index in [0.29, 0.717) is 31.7 Å². The monoisotopic (exact) mass is 343 g/mol. The minimum atomic E-state index is -0.392. The van der Waals surface area contributed by atoms with Gasteiger partial charge < -0.3 is 14.4 Å². The highest BCUT2D eigenvalue weighted by Gasteiger charge is 2.32. The first-order valence-corrected chi connectivity index (χ1v) is 8.53. The SMILES string of the molecule is Cn1ncc(C(=O)N2CCN(C(=O)C(C)(C)C)CC2)c1-n1cccc1. The van der Waals surface area contributed by atoms with Gasteiger partial charge in [0.25, 0.3) is 5.91 Å². The van der Waals surface area contributed by atoms with Gasteiger partial charge in [-0.05, 0) is 12.1 Å². The fourth-order valence-electron chi connectivity index (χ4n) is 3.12. The van der Waals surface area contributed by atoms with Gasteiger partial charge in [-0.1, -0.05) is 20.8 Å². The predicted octanol–water partition coefficient (Wildman–Crippen LogP) is 1.54. The Morgan fingerprint density at radius 2 is 1.56 bits per heavy atom. The van der Waals surface area contributed by atoms with Crippen LogP contribution in [-0.4, -0.2) is 62.1 Å². The predicted molar refractivity (Wildman–Crippen MR) is 94.5 cm³/mol. The van der Waals surface area contributed by atoms with Gasteiger partial charge in [0.15, 0.2) is 0 Å². The van der Waals surface area contributed by atoms with E-state index in [1.54, 1.807) is 15.8 Å². The van der Waals surface area contributed by atoms with E-state index in [1.807, 2.05) is 61.8 Å². The van der Waals surface area contributed by atoms with Gasteiger partial charge in [0.05, 0.1) is 6.20 Å². The Kier molecular flexibility index (Phi) is 4.41. The highest BCUT2D eigenvalue weighted by Crippen LogP contribution is 2.21. The van der Waals surface area contributed by atoms with Crippen molar-refractivity contribution in [1.29, 1.82) is 0 Å². The number of nitrogens with zero attached hydrogens (tertiary/aromatic N) is 5. The molecule has 0 atom stereocenters. The zero-order valence-corrected chi connectivity index (χ0v) is 15.3. The van der Waals surface area contributed by atoms with Crippen molar-refractivity contribution in [3.63, 3.8) is 0 Å². The van der Waals surface area contributed by atoms with Crippen LogP contribution in [0.2, 0.25) is 0 Å². The average Bonchev–Trinajstić information content (AvgIpc) is 3.22. The fourth-order valence-corrected chi connectivity index (χ4v) is 3.12. The number of hydrogen-bond donors (Lipinski definition) is 0. The summed E-state index contributed by atoms with van der Waals surface area (Å²) in [4.78, 5) is 29.0. The lowest BCUT2D eigenvalue weighted by molar-refractivity contribution is -0.140. The fraction of sp³-hybridized carbons (Fsp3) is 0.500. The molecule has 0 spiro atoms. The van der Waals surface area contributed by atoms with Gasteiger partial charge in [0, 0.05) is 51.0 Å². The number of piperazine rings is 1. The Morgan fingerprint density at radius 3 is 2.12 bits per heavy atom. The van der Waals surface area contributed by atoms with E-state index >= 15 is 0 Å². The Hall–Kier alpha value is -2.57. The van der Waals surface area contributed by atoms with Crippen LogP contribution in [0.3, 0.4) is 0 Å². The summed E-state index contributed by atoms with van der Waals surface area (Å²) in [5, 5.41) is 4.25. The largest absolute Gasteiger partial charge is 0.339 e. The zero-order valence-electron chi connectivity index (χ0n) is 15.3. The van der Waals surface area contributed by atoms with Crippen LogP contribution in [0.25, 0.3) is 5.82 Å². The van der Waals surface area contributed by atoms with Gasteiger partial charge in [-0.15, -0.1) is 0 Å². The maximum absolute atomic E-state index is 13.0. The van der Waals surface area contributed by atoms with Crippen LogP contribution in [0.1, 0.15) is 31.1 Å². The number of amides is 2. The molecule has 0 radical (unpaired) electrons. The molecule has 0 saturated carbocycles. The Labute approximate surface area is 147 Å². The molecule has 7 nitrogen and oxygen atoms in total. The summed E-state index contributed by atoms with van der Waals surface area (Å²) < 4.78 is 3.59. The second-order valence-corrected chi connectivity index (χ2v) is 7.43. The Morgan fingerprint density at radius 1 is 1.00 bits per heavy atom. The lowest BCUT2D eigenvalue weighted by atomic mass is 9.94. The van der Waals surface area contributed by atoms with Gasteiger partial charge in [-0.3, -0.25) is 14.3 Å². The van der Waals surface area contributed by atoms with Crippen molar-refractivity contribution in [2.45, 2.75) is 20.8 Å². The lowest BCUT2D eigenvalue weighted by Gasteiger charge is -2.37. The van der Waals surface area contributed by atoms with Crippen molar-refractivity contribution in [1.82, 2.24) is 24.1 Å². The number of carbonyl (C=O) groups excluding carboxylic acids is 2. The third-order valence-corrected chi connectivity index (χ3v) is 4.48. The zero-order chi connectivity index (χ0) is 18.2. The first-order chi connectivity index (χ1) is 11.8. The van der Waals surface area contributed by atoms with Crippen molar-refractivity contribution in [3.8, 4) is 5.82 Å². The van der Waals surface area contributed by atoms with Crippen LogP contribution in [0.5, 0.6) is 0 Å². The van der Waals surface area contributed by atoms with Crippen molar-refractivity contribution in [2.24, 2.45) is 12.5 Å². The second kappa shape index (κ2) is 6.38. The summed E-state index contributed by atoms with van der Waals surface area (Å²) in [6, 6.07) is 3.83. The minimum Gasteiger partial charge on any atom is -0.339 e. The molecule has 3 heterocycles.